The molecule has 0 aromatic rings. The van der Waals surface area contributed by atoms with Crippen LogP contribution in [0.5, 0.6) is 0 Å². The Hall–Kier alpha value is -0.750. The molecule has 0 aromatic heterocycles. The topological polar surface area (TPSA) is 101 Å². The van der Waals surface area contributed by atoms with Crippen LogP contribution in [0.1, 0.15) is 0 Å². The Morgan fingerprint density at radius 3 is 2.00 bits per heavy atom. The molecule has 48 valence electrons. The zero-order valence-electron chi connectivity index (χ0n) is 3.77. The van der Waals surface area contributed by atoms with Crippen molar-refractivity contribution in [3.63, 3.8) is 0 Å². The van der Waals surface area contributed by atoms with Crippen LogP contribution in [0.4, 0.5) is 0 Å². The summed E-state index contributed by atoms with van der Waals surface area (Å²) in [5.74, 6) is 0. The third-order valence-electron chi connectivity index (χ3n) is 0.402. The molecule has 0 aliphatic heterocycles. The van der Waals surface area contributed by atoms with Crippen molar-refractivity contribution in [3.8, 4) is 0 Å². The molecular formula is C2H5NO4S. The molecule has 0 saturated carbocycles. The summed E-state index contributed by atoms with van der Waals surface area (Å²) in [5.41, 5.74) is 0. The molecule has 0 aromatic carbocycles. The minimum absolute atomic E-state index is 0.00926. The largest absolute Gasteiger partial charge is 0.511 e. The van der Waals surface area contributed by atoms with E-state index in [2.05, 4.69) is 5.14 Å². The Morgan fingerprint density at radius 1 is 1.62 bits per heavy atom. The van der Waals surface area contributed by atoms with E-state index in [0.717, 1.165) is 0 Å². The van der Waals surface area contributed by atoms with E-state index in [1.165, 1.54) is 0 Å². The Balaban J connectivity index is 4.55. The van der Waals surface area contributed by atoms with Crippen molar-refractivity contribution in [1.29, 1.82) is 0 Å². The zero-order chi connectivity index (χ0) is 6.78. The van der Waals surface area contributed by atoms with Gasteiger partial charge in [0, 0.05) is 0 Å². The highest BCUT2D eigenvalue weighted by atomic mass is 32.2. The highest BCUT2D eigenvalue weighted by Gasteiger charge is 2.07. The summed E-state index contributed by atoms with van der Waals surface area (Å²) >= 11 is 0. The monoisotopic (exact) mass is 139 g/mol. The summed E-state index contributed by atoms with van der Waals surface area (Å²) in [6, 6.07) is 0. The second kappa shape index (κ2) is 2.01. The van der Waals surface area contributed by atoms with Gasteiger partial charge in [-0.15, -0.1) is 0 Å². The van der Waals surface area contributed by atoms with Gasteiger partial charge < -0.3 is 10.2 Å². The summed E-state index contributed by atoms with van der Waals surface area (Å²) < 4.78 is 19.7. The molecule has 0 radical (unpaired) electrons. The third-order valence-corrected chi connectivity index (χ3v) is 1.09. The fraction of sp³-hybridized carbons (Fsp3) is 0. The average molecular weight is 139 g/mol. The van der Waals surface area contributed by atoms with E-state index >= 15 is 0 Å². The molecule has 5 nitrogen and oxygen atoms in total. The number of hydrogen-bond acceptors (Lipinski definition) is 4. The molecule has 4 N–H and O–H groups in total. The van der Waals surface area contributed by atoms with Crippen LogP contribution >= 0.6 is 0 Å². The van der Waals surface area contributed by atoms with Crippen molar-refractivity contribution < 1.29 is 18.6 Å². The first-order valence-electron chi connectivity index (χ1n) is 1.54. The maximum atomic E-state index is 9.86. The van der Waals surface area contributed by atoms with Gasteiger partial charge >= 0.3 is 0 Å². The Morgan fingerprint density at radius 2 is 2.00 bits per heavy atom. The number of aliphatic hydroxyl groups is 2. The van der Waals surface area contributed by atoms with Gasteiger partial charge in [-0.25, -0.2) is 13.6 Å². The third kappa shape index (κ3) is 1.80. The number of primary sulfonamides is 1. The van der Waals surface area contributed by atoms with Gasteiger partial charge in [0.05, 0.1) is 0 Å². The van der Waals surface area contributed by atoms with Crippen molar-refractivity contribution in [1.82, 2.24) is 0 Å². The zero-order valence-corrected chi connectivity index (χ0v) is 4.59. The standard InChI is InChI=1S/C2H5NO4S/c3-8(6,7)2(5)1-4/h1,4-5H,(H2,3,6,7). The molecule has 0 unspecified atom stereocenters. The highest BCUT2D eigenvalue weighted by molar-refractivity contribution is 7.92. The maximum absolute atomic E-state index is 9.86. The molecule has 0 aliphatic rings. The van der Waals surface area contributed by atoms with Gasteiger partial charge in [0.15, 0.2) is 0 Å². The number of nitrogens with two attached hydrogens (primary N) is 1. The number of rotatable bonds is 1. The predicted octanol–water partition coefficient (Wildman–Crippen LogP) is -0.810. The number of hydrogen-bond donors (Lipinski definition) is 3. The van der Waals surface area contributed by atoms with Crippen molar-refractivity contribution in [2.75, 3.05) is 0 Å². The highest BCUT2D eigenvalue weighted by Crippen LogP contribution is 1.90. The van der Waals surface area contributed by atoms with Gasteiger partial charge in [0.25, 0.3) is 15.1 Å². The molecule has 8 heavy (non-hydrogen) atoms. The lowest BCUT2D eigenvalue weighted by molar-refractivity contribution is 0.385. The summed E-state index contributed by atoms with van der Waals surface area (Å²) in [5, 5.41) is 18.9. The van der Waals surface area contributed by atoms with E-state index < -0.39 is 15.1 Å². The van der Waals surface area contributed by atoms with Gasteiger partial charge in [-0.3, -0.25) is 0 Å². The van der Waals surface area contributed by atoms with Gasteiger partial charge in [-0.05, 0) is 0 Å². The molecule has 0 heterocycles. The Bertz CT molecular complexity index is 190. The van der Waals surface area contributed by atoms with E-state index in [9.17, 15) is 8.42 Å². The quantitative estimate of drug-likeness (QED) is 0.413. The first-order valence-corrected chi connectivity index (χ1v) is 3.09. The van der Waals surface area contributed by atoms with Crippen LogP contribution in [0.3, 0.4) is 0 Å². The van der Waals surface area contributed by atoms with Gasteiger partial charge in [0.2, 0.25) is 0 Å². The van der Waals surface area contributed by atoms with Gasteiger partial charge in [-0.2, -0.15) is 0 Å². The average Bonchev–Trinajstić information content (AvgIpc) is 1.62. The van der Waals surface area contributed by atoms with Crippen LogP contribution in [0.25, 0.3) is 0 Å². The van der Waals surface area contributed by atoms with Crippen molar-refractivity contribution >= 4 is 10.0 Å². The van der Waals surface area contributed by atoms with Crippen LogP contribution in [-0.4, -0.2) is 18.6 Å². The molecule has 0 rings (SSSR count). The van der Waals surface area contributed by atoms with E-state index in [1.54, 1.807) is 0 Å². The molecule has 0 saturated heterocycles. The minimum Gasteiger partial charge on any atom is -0.511 e. The predicted molar refractivity (Wildman–Crippen MR) is 26.4 cm³/mol. The smallest absolute Gasteiger partial charge is 0.274 e. The van der Waals surface area contributed by atoms with Gasteiger partial charge in [0.1, 0.15) is 6.26 Å². The van der Waals surface area contributed by atoms with Crippen molar-refractivity contribution in [3.05, 3.63) is 11.4 Å². The van der Waals surface area contributed by atoms with E-state index in [0.29, 0.717) is 0 Å². The molecule has 0 atom stereocenters. The molecular weight excluding hydrogens is 134 g/mol. The van der Waals surface area contributed by atoms with Crippen LogP contribution in [-0.2, 0) is 10.0 Å². The summed E-state index contributed by atoms with van der Waals surface area (Å²) in [7, 11) is -4.09. The van der Waals surface area contributed by atoms with Crippen LogP contribution in [0.15, 0.2) is 11.4 Å². The second-order valence-electron chi connectivity index (χ2n) is 1.01. The van der Waals surface area contributed by atoms with Crippen LogP contribution in [0.2, 0.25) is 0 Å². The lowest BCUT2D eigenvalue weighted by atomic mass is 11.1. The molecule has 6 heteroatoms. The molecule has 0 bridgehead atoms. The first kappa shape index (κ1) is 7.25. The van der Waals surface area contributed by atoms with Crippen LogP contribution < -0.4 is 5.14 Å². The van der Waals surface area contributed by atoms with Crippen molar-refractivity contribution in [2.45, 2.75) is 0 Å². The summed E-state index contributed by atoms with van der Waals surface area (Å²) in [6.07, 6.45) is 0.00926. The lowest BCUT2D eigenvalue weighted by Crippen LogP contribution is -2.13. The van der Waals surface area contributed by atoms with Crippen LogP contribution in [0, 0.1) is 0 Å². The SMILES string of the molecule is NS(=O)(=O)C(O)=CO. The van der Waals surface area contributed by atoms with E-state index in [4.69, 9.17) is 10.2 Å². The van der Waals surface area contributed by atoms with E-state index in [-0.39, 0.29) is 6.26 Å². The Kier molecular flexibility index (Phi) is 1.82. The molecule has 0 spiro atoms. The normalized spacial score (nSPS) is 13.9. The van der Waals surface area contributed by atoms with Crippen molar-refractivity contribution in [2.24, 2.45) is 5.14 Å². The lowest BCUT2D eigenvalue weighted by Gasteiger charge is -1.88. The molecule has 0 fully saturated rings. The number of aliphatic hydroxyl groups excluding tert-OH is 2. The summed E-state index contributed by atoms with van der Waals surface area (Å²) in [6.45, 7) is 0. The second-order valence-corrected chi connectivity index (χ2v) is 2.52. The van der Waals surface area contributed by atoms with Gasteiger partial charge in [-0.1, -0.05) is 0 Å². The maximum Gasteiger partial charge on any atom is 0.274 e. The van der Waals surface area contributed by atoms with E-state index in [1.807, 2.05) is 0 Å². The molecule has 0 amide bonds. The summed E-state index contributed by atoms with van der Waals surface area (Å²) in [4.78, 5) is 0. The fourth-order valence-corrected chi connectivity index (χ4v) is 0.220. The molecule has 0 aliphatic carbocycles. The first-order chi connectivity index (χ1) is 3.48. The fourth-order valence-electron chi connectivity index (χ4n) is 0.0735. The number of sulfonamides is 1. The minimum atomic E-state index is -4.09. The Labute approximate surface area is 46.1 Å².